The van der Waals surface area contributed by atoms with Gasteiger partial charge in [-0.1, -0.05) is 30.7 Å². The number of aliphatic hydroxyl groups is 1. The second-order valence-corrected chi connectivity index (χ2v) is 5.23. The number of aliphatic hydroxyl groups excluding tert-OH is 1. The summed E-state index contributed by atoms with van der Waals surface area (Å²) in [7, 11) is 1.71. The van der Waals surface area contributed by atoms with Crippen molar-refractivity contribution in [1.29, 1.82) is 0 Å². The molecule has 1 rings (SSSR count). The number of halogens is 1. The Bertz CT molecular complexity index is 373. The molecule has 0 amide bonds. The quantitative estimate of drug-likeness (QED) is 0.797. The largest absolute Gasteiger partial charge is 0.388 e. The van der Waals surface area contributed by atoms with Gasteiger partial charge in [-0.25, -0.2) is 0 Å². The van der Waals surface area contributed by atoms with Gasteiger partial charge in [0.25, 0.3) is 0 Å². The van der Waals surface area contributed by atoms with Crippen LogP contribution in [0.1, 0.15) is 31.9 Å². The molecule has 0 aliphatic rings. The molecule has 19 heavy (non-hydrogen) atoms. The molecule has 4 heteroatoms. The van der Waals surface area contributed by atoms with Gasteiger partial charge in [0.2, 0.25) is 0 Å². The number of rotatable bonds is 8. The third-order valence-corrected chi connectivity index (χ3v) is 3.60. The van der Waals surface area contributed by atoms with Crippen molar-refractivity contribution >= 4 is 11.6 Å². The second-order valence-electron chi connectivity index (χ2n) is 4.79. The molecule has 1 N–H and O–H groups in total. The Morgan fingerprint density at radius 1 is 1.42 bits per heavy atom. The lowest BCUT2D eigenvalue weighted by Crippen LogP contribution is -2.37. The molecule has 0 heterocycles. The average Bonchev–Trinajstić information content (AvgIpc) is 2.39. The monoisotopic (exact) mass is 285 g/mol. The predicted molar refractivity (Wildman–Crippen MR) is 79.6 cm³/mol. The first-order chi connectivity index (χ1) is 9.08. The van der Waals surface area contributed by atoms with E-state index < -0.39 is 6.10 Å². The number of likely N-dealkylation sites (N-methyl/N-ethyl adjacent to an activating group) is 1. The van der Waals surface area contributed by atoms with E-state index in [4.69, 9.17) is 16.3 Å². The van der Waals surface area contributed by atoms with Gasteiger partial charge in [-0.15, -0.1) is 0 Å². The van der Waals surface area contributed by atoms with Gasteiger partial charge in [0.05, 0.1) is 12.7 Å². The molecule has 2 unspecified atom stereocenters. The first kappa shape index (κ1) is 16.4. The summed E-state index contributed by atoms with van der Waals surface area (Å²) in [5, 5.41) is 10.8. The lowest BCUT2D eigenvalue weighted by molar-refractivity contribution is 0.0841. The Kier molecular flexibility index (Phi) is 7.39. The zero-order chi connectivity index (χ0) is 14.3. The molecule has 1 aromatic rings. The minimum atomic E-state index is -0.470. The highest BCUT2D eigenvalue weighted by atomic mass is 35.5. The number of ether oxygens (including phenoxy) is 1. The minimum Gasteiger partial charge on any atom is -0.388 e. The van der Waals surface area contributed by atoms with Gasteiger partial charge in [0.1, 0.15) is 0 Å². The fourth-order valence-electron chi connectivity index (χ4n) is 2.21. The summed E-state index contributed by atoms with van der Waals surface area (Å²) < 4.78 is 5.17. The molecule has 0 spiro atoms. The van der Waals surface area contributed by atoms with Crippen LogP contribution in [0.3, 0.4) is 0 Å². The Labute approximate surface area is 121 Å². The zero-order valence-corrected chi connectivity index (χ0v) is 12.7. The molecule has 0 fully saturated rings. The molecule has 0 saturated carbocycles. The first-order valence-electron chi connectivity index (χ1n) is 6.75. The fourth-order valence-corrected chi connectivity index (χ4v) is 2.40. The van der Waals surface area contributed by atoms with Crippen LogP contribution in [-0.4, -0.2) is 42.9 Å². The van der Waals surface area contributed by atoms with Crippen molar-refractivity contribution < 1.29 is 9.84 Å². The molecule has 3 nitrogen and oxygen atoms in total. The summed E-state index contributed by atoms with van der Waals surface area (Å²) in [6, 6.07) is 7.77. The molecule has 1 aromatic carbocycles. The van der Waals surface area contributed by atoms with Gasteiger partial charge in [-0.3, -0.25) is 4.90 Å². The standard InChI is InChI=1S/C15H24ClNO2/c1-4-17(12(2)11-19-3)9-8-15(18)13-6-5-7-14(16)10-13/h5-7,10,12,15,18H,4,8-9,11H2,1-3H3. The number of hydrogen-bond donors (Lipinski definition) is 1. The normalized spacial score (nSPS) is 14.6. The Balaban J connectivity index is 2.50. The minimum absolute atomic E-state index is 0.363. The third-order valence-electron chi connectivity index (χ3n) is 3.36. The van der Waals surface area contributed by atoms with Crippen LogP contribution in [0.25, 0.3) is 0 Å². The smallest absolute Gasteiger partial charge is 0.0802 e. The van der Waals surface area contributed by atoms with Crippen LogP contribution < -0.4 is 0 Å². The molecule has 0 aliphatic heterocycles. The van der Waals surface area contributed by atoms with E-state index in [2.05, 4.69) is 18.7 Å². The maximum absolute atomic E-state index is 10.2. The van der Waals surface area contributed by atoms with Crippen LogP contribution >= 0.6 is 11.6 Å². The van der Waals surface area contributed by atoms with E-state index in [9.17, 15) is 5.11 Å². The molecule has 0 bridgehead atoms. The van der Waals surface area contributed by atoms with Crippen molar-refractivity contribution in [2.24, 2.45) is 0 Å². The van der Waals surface area contributed by atoms with Crippen LogP contribution in [0.5, 0.6) is 0 Å². The van der Waals surface area contributed by atoms with Gasteiger partial charge in [-0.2, -0.15) is 0 Å². The lowest BCUT2D eigenvalue weighted by Gasteiger charge is -2.28. The summed E-state index contributed by atoms with van der Waals surface area (Å²) >= 11 is 5.93. The van der Waals surface area contributed by atoms with Crippen molar-refractivity contribution in [2.75, 3.05) is 26.8 Å². The van der Waals surface area contributed by atoms with Crippen molar-refractivity contribution in [1.82, 2.24) is 4.90 Å². The van der Waals surface area contributed by atoms with Crippen LogP contribution in [0, 0.1) is 0 Å². The summed E-state index contributed by atoms with van der Waals surface area (Å²) in [6.45, 7) is 6.76. The van der Waals surface area contributed by atoms with Gasteiger partial charge in [-0.05, 0) is 37.6 Å². The van der Waals surface area contributed by atoms with Crippen LogP contribution in [0.4, 0.5) is 0 Å². The molecule has 0 saturated heterocycles. The van der Waals surface area contributed by atoms with E-state index >= 15 is 0 Å². The van der Waals surface area contributed by atoms with E-state index in [0.717, 1.165) is 18.7 Å². The van der Waals surface area contributed by atoms with E-state index in [-0.39, 0.29) is 0 Å². The number of nitrogens with zero attached hydrogens (tertiary/aromatic N) is 1. The molecule has 108 valence electrons. The lowest BCUT2D eigenvalue weighted by atomic mass is 10.1. The summed E-state index contributed by atoms with van der Waals surface area (Å²) in [5.74, 6) is 0. The SMILES string of the molecule is CCN(CCC(O)c1cccc(Cl)c1)C(C)COC. The molecular weight excluding hydrogens is 262 g/mol. The van der Waals surface area contributed by atoms with Crippen LogP contribution in [0.2, 0.25) is 5.02 Å². The summed E-state index contributed by atoms with van der Waals surface area (Å²) in [5.41, 5.74) is 0.878. The first-order valence-corrected chi connectivity index (χ1v) is 7.12. The molecule has 2 atom stereocenters. The van der Waals surface area contributed by atoms with E-state index in [1.165, 1.54) is 0 Å². The van der Waals surface area contributed by atoms with Crippen LogP contribution in [0.15, 0.2) is 24.3 Å². The maximum Gasteiger partial charge on any atom is 0.0802 e. The van der Waals surface area contributed by atoms with E-state index in [0.29, 0.717) is 24.1 Å². The Morgan fingerprint density at radius 3 is 2.74 bits per heavy atom. The van der Waals surface area contributed by atoms with Gasteiger partial charge in [0, 0.05) is 24.7 Å². The second kappa shape index (κ2) is 8.54. The Hall–Kier alpha value is -0.610. The summed E-state index contributed by atoms with van der Waals surface area (Å²) in [6.07, 6.45) is 0.227. The van der Waals surface area contributed by atoms with Crippen molar-refractivity contribution in [3.05, 3.63) is 34.9 Å². The van der Waals surface area contributed by atoms with Crippen molar-refractivity contribution in [3.8, 4) is 0 Å². The number of methoxy groups -OCH3 is 1. The van der Waals surface area contributed by atoms with E-state index in [1.54, 1.807) is 7.11 Å². The number of benzene rings is 1. The topological polar surface area (TPSA) is 32.7 Å². The molecular formula is C15H24ClNO2. The highest BCUT2D eigenvalue weighted by molar-refractivity contribution is 6.30. The van der Waals surface area contributed by atoms with Crippen molar-refractivity contribution in [2.45, 2.75) is 32.4 Å². The molecule has 0 radical (unpaired) electrons. The van der Waals surface area contributed by atoms with Crippen LogP contribution in [-0.2, 0) is 4.74 Å². The molecule has 0 aromatic heterocycles. The van der Waals surface area contributed by atoms with Gasteiger partial charge < -0.3 is 9.84 Å². The Morgan fingerprint density at radius 2 is 2.16 bits per heavy atom. The molecule has 0 aliphatic carbocycles. The van der Waals surface area contributed by atoms with Gasteiger partial charge >= 0.3 is 0 Å². The fraction of sp³-hybridized carbons (Fsp3) is 0.600. The average molecular weight is 286 g/mol. The maximum atomic E-state index is 10.2. The van der Waals surface area contributed by atoms with Gasteiger partial charge in [0.15, 0.2) is 0 Å². The van der Waals surface area contributed by atoms with Crippen molar-refractivity contribution in [3.63, 3.8) is 0 Å². The third kappa shape index (κ3) is 5.49. The van der Waals surface area contributed by atoms with E-state index in [1.807, 2.05) is 24.3 Å². The summed E-state index contributed by atoms with van der Waals surface area (Å²) in [4.78, 5) is 2.30. The highest BCUT2D eigenvalue weighted by Crippen LogP contribution is 2.20. The predicted octanol–water partition coefficient (Wildman–Crippen LogP) is 3.12. The highest BCUT2D eigenvalue weighted by Gasteiger charge is 2.14. The zero-order valence-electron chi connectivity index (χ0n) is 12.0. The number of hydrogen-bond acceptors (Lipinski definition) is 3.